The molecule has 0 spiro atoms. The Morgan fingerprint density at radius 2 is 1.88 bits per heavy atom. The Bertz CT molecular complexity index is 807. The van der Waals surface area contributed by atoms with E-state index in [9.17, 15) is 14.6 Å². The van der Waals surface area contributed by atoms with Gasteiger partial charge in [-0.25, -0.2) is 9.37 Å². The number of aromatic amines is 1. The Morgan fingerprint density at radius 1 is 1.16 bits per heavy atom. The number of aliphatic hydroxyl groups excluding tert-OH is 2. The molecule has 7 nitrogen and oxygen atoms in total. The van der Waals surface area contributed by atoms with Crippen LogP contribution >= 0.6 is 0 Å². The largest absolute Gasteiger partial charge is 0.491 e. The number of imidazole rings is 1. The third-order valence-corrected chi connectivity index (χ3v) is 4.92. The lowest BCUT2D eigenvalue weighted by Gasteiger charge is -2.26. The Hall–Kier alpha value is -2.00. The van der Waals surface area contributed by atoms with Crippen molar-refractivity contribution in [2.75, 3.05) is 13.2 Å². The molecule has 0 aliphatic rings. The first-order valence-electron chi connectivity index (χ1n) is 11.4. The fourth-order valence-electron chi connectivity index (χ4n) is 3.27. The number of aliphatic hydroxyl groups is 2. The van der Waals surface area contributed by atoms with Crippen LogP contribution < -0.4 is 10.1 Å². The summed E-state index contributed by atoms with van der Waals surface area (Å²) in [6.07, 6.45) is 7.18. The molecule has 32 heavy (non-hydrogen) atoms. The van der Waals surface area contributed by atoms with E-state index in [1.165, 1.54) is 31.7 Å². The smallest absolute Gasteiger partial charge is 0.214 e. The van der Waals surface area contributed by atoms with Gasteiger partial charge in [-0.3, -0.25) is 5.32 Å². The Balaban J connectivity index is 1.93. The summed E-state index contributed by atoms with van der Waals surface area (Å²) in [7, 11) is 0. The van der Waals surface area contributed by atoms with Crippen molar-refractivity contribution in [3.63, 3.8) is 0 Å². The number of rotatable bonds is 14. The lowest BCUT2D eigenvalue weighted by Crippen LogP contribution is -2.41. The molecule has 2 aromatic rings. The first-order valence-corrected chi connectivity index (χ1v) is 11.4. The van der Waals surface area contributed by atoms with Crippen molar-refractivity contribution in [2.45, 2.75) is 84.3 Å². The fraction of sp³-hybridized carbons (Fsp3) is 0.625. The number of benzene rings is 1. The SMILES string of the molecule is CCCCCCCCOc1ccc(-c2cnc(C(CO)NC(O)OC(C)(C)C)[nH]2)cc1F. The van der Waals surface area contributed by atoms with Crippen molar-refractivity contribution < 1.29 is 24.1 Å². The van der Waals surface area contributed by atoms with Crippen LogP contribution in [0.15, 0.2) is 24.4 Å². The molecule has 4 N–H and O–H groups in total. The number of nitrogens with one attached hydrogen (secondary N) is 2. The Kier molecular flexibility index (Phi) is 10.6. The molecule has 1 aromatic heterocycles. The van der Waals surface area contributed by atoms with Gasteiger partial charge in [-0.15, -0.1) is 0 Å². The summed E-state index contributed by atoms with van der Waals surface area (Å²) in [5.74, 6) is 0.206. The average Bonchev–Trinajstić information content (AvgIpc) is 3.21. The third-order valence-electron chi connectivity index (χ3n) is 4.92. The van der Waals surface area contributed by atoms with Crippen molar-refractivity contribution in [1.29, 1.82) is 0 Å². The van der Waals surface area contributed by atoms with E-state index in [0.717, 1.165) is 12.8 Å². The zero-order chi connectivity index (χ0) is 23.6. The van der Waals surface area contributed by atoms with E-state index in [0.29, 0.717) is 23.7 Å². The third kappa shape index (κ3) is 8.86. The highest BCUT2D eigenvalue weighted by Crippen LogP contribution is 2.26. The standard InChI is InChI=1S/C24H38FN3O4/c1-5-6-7-8-9-10-13-31-21-12-11-17(14-18(21)25)19-15-26-22(27-19)20(16-29)28-23(30)32-24(2,3)4/h11-12,14-15,20,23,28-30H,5-10,13,16H2,1-4H3,(H,26,27). The first-order chi connectivity index (χ1) is 15.2. The van der Waals surface area contributed by atoms with Crippen LogP contribution in [0.1, 0.15) is 78.1 Å². The molecule has 1 heterocycles. The van der Waals surface area contributed by atoms with Gasteiger partial charge < -0.3 is 24.7 Å². The van der Waals surface area contributed by atoms with Crippen molar-refractivity contribution in [3.05, 3.63) is 36.0 Å². The molecule has 2 unspecified atom stereocenters. The minimum atomic E-state index is -1.28. The maximum Gasteiger partial charge on any atom is 0.214 e. The molecule has 0 saturated carbocycles. The van der Waals surface area contributed by atoms with Gasteiger partial charge >= 0.3 is 0 Å². The van der Waals surface area contributed by atoms with Gasteiger partial charge in [0.05, 0.1) is 36.7 Å². The molecular weight excluding hydrogens is 413 g/mol. The van der Waals surface area contributed by atoms with Crippen LogP contribution in [-0.4, -0.2) is 45.4 Å². The normalized spacial score (nSPS) is 13.8. The molecule has 0 amide bonds. The van der Waals surface area contributed by atoms with Gasteiger partial charge in [-0.2, -0.15) is 0 Å². The lowest BCUT2D eigenvalue weighted by molar-refractivity contribution is -0.187. The van der Waals surface area contributed by atoms with E-state index in [-0.39, 0.29) is 12.4 Å². The number of hydrogen-bond donors (Lipinski definition) is 4. The second-order valence-electron chi connectivity index (χ2n) is 8.93. The fourth-order valence-corrected chi connectivity index (χ4v) is 3.27. The maximum atomic E-state index is 14.5. The van der Waals surface area contributed by atoms with Gasteiger partial charge in [0.1, 0.15) is 5.82 Å². The van der Waals surface area contributed by atoms with E-state index >= 15 is 0 Å². The van der Waals surface area contributed by atoms with Crippen LogP contribution in [0.25, 0.3) is 11.3 Å². The van der Waals surface area contributed by atoms with Gasteiger partial charge in [0, 0.05) is 5.56 Å². The molecule has 2 rings (SSSR count). The predicted molar refractivity (Wildman–Crippen MR) is 123 cm³/mol. The second-order valence-corrected chi connectivity index (χ2v) is 8.93. The first kappa shape index (κ1) is 26.3. The Morgan fingerprint density at radius 3 is 2.53 bits per heavy atom. The minimum Gasteiger partial charge on any atom is -0.491 e. The van der Waals surface area contributed by atoms with Gasteiger partial charge in [0.2, 0.25) is 6.41 Å². The second kappa shape index (κ2) is 12.9. The summed E-state index contributed by atoms with van der Waals surface area (Å²) in [6.45, 7) is 7.82. The average molecular weight is 452 g/mol. The monoisotopic (exact) mass is 451 g/mol. The molecule has 0 saturated heterocycles. The number of halogens is 1. The van der Waals surface area contributed by atoms with E-state index < -0.39 is 23.9 Å². The zero-order valence-electron chi connectivity index (χ0n) is 19.7. The molecule has 0 fully saturated rings. The molecule has 2 atom stereocenters. The number of ether oxygens (including phenoxy) is 2. The molecule has 0 aliphatic heterocycles. The van der Waals surface area contributed by atoms with Crippen LogP contribution in [0.3, 0.4) is 0 Å². The summed E-state index contributed by atoms with van der Waals surface area (Å²) in [5.41, 5.74) is 0.640. The summed E-state index contributed by atoms with van der Waals surface area (Å²) < 4.78 is 25.5. The van der Waals surface area contributed by atoms with Crippen LogP contribution in [0.2, 0.25) is 0 Å². The topological polar surface area (TPSA) is 99.6 Å². The molecular formula is C24H38FN3O4. The highest BCUT2D eigenvalue weighted by Gasteiger charge is 2.22. The number of unbranched alkanes of at least 4 members (excludes halogenated alkanes) is 5. The van der Waals surface area contributed by atoms with E-state index in [1.54, 1.807) is 18.3 Å². The van der Waals surface area contributed by atoms with Crippen molar-refractivity contribution in [1.82, 2.24) is 15.3 Å². The molecule has 180 valence electrons. The van der Waals surface area contributed by atoms with Crippen molar-refractivity contribution >= 4 is 0 Å². The quantitative estimate of drug-likeness (QED) is 0.246. The van der Waals surface area contributed by atoms with Crippen LogP contribution in [0, 0.1) is 5.82 Å². The van der Waals surface area contributed by atoms with Crippen LogP contribution in [-0.2, 0) is 4.74 Å². The number of aromatic nitrogens is 2. The highest BCUT2D eigenvalue weighted by molar-refractivity contribution is 5.60. The molecule has 0 aliphatic carbocycles. The summed E-state index contributed by atoms with van der Waals surface area (Å²) in [6, 6.07) is 4.10. The number of H-pyrrole nitrogens is 1. The van der Waals surface area contributed by atoms with Crippen LogP contribution in [0.5, 0.6) is 5.75 Å². The minimum absolute atomic E-state index is 0.236. The summed E-state index contributed by atoms with van der Waals surface area (Å²) in [4.78, 5) is 7.32. The summed E-state index contributed by atoms with van der Waals surface area (Å²) >= 11 is 0. The number of hydrogen-bond acceptors (Lipinski definition) is 6. The predicted octanol–water partition coefficient (Wildman–Crippen LogP) is 4.67. The van der Waals surface area contributed by atoms with Gasteiger partial charge in [-0.05, 0) is 45.4 Å². The van der Waals surface area contributed by atoms with Gasteiger partial charge in [0.25, 0.3) is 0 Å². The lowest BCUT2D eigenvalue weighted by atomic mass is 10.1. The molecule has 0 bridgehead atoms. The molecule has 0 radical (unpaired) electrons. The van der Waals surface area contributed by atoms with E-state index in [1.807, 2.05) is 20.8 Å². The van der Waals surface area contributed by atoms with Crippen LogP contribution in [0.4, 0.5) is 4.39 Å². The summed E-state index contributed by atoms with van der Waals surface area (Å²) in [5, 5.41) is 22.5. The maximum absolute atomic E-state index is 14.5. The van der Waals surface area contributed by atoms with Gasteiger partial charge in [-0.1, -0.05) is 39.0 Å². The molecule has 8 heteroatoms. The van der Waals surface area contributed by atoms with Gasteiger partial charge in [0.15, 0.2) is 11.6 Å². The zero-order valence-corrected chi connectivity index (χ0v) is 19.7. The van der Waals surface area contributed by atoms with Crippen molar-refractivity contribution in [3.8, 4) is 17.0 Å². The van der Waals surface area contributed by atoms with E-state index in [2.05, 4.69) is 22.2 Å². The van der Waals surface area contributed by atoms with E-state index in [4.69, 9.17) is 9.47 Å². The molecule has 1 aromatic carbocycles. The number of nitrogens with zero attached hydrogens (tertiary/aromatic N) is 1. The highest BCUT2D eigenvalue weighted by atomic mass is 19.1. The Labute approximate surface area is 190 Å². The van der Waals surface area contributed by atoms with Crippen molar-refractivity contribution in [2.24, 2.45) is 0 Å².